The average Bonchev–Trinajstić information content (AvgIpc) is 3.63. The van der Waals surface area contributed by atoms with Crippen LogP contribution in [0.2, 0.25) is 5.02 Å². The minimum absolute atomic E-state index is 0.0356. The van der Waals surface area contributed by atoms with Gasteiger partial charge in [0.15, 0.2) is 0 Å². The molecule has 1 saturated carbocycles. The number of nitrogens with one attached hydrogen (secondary N) is 1. The summed E-state index contributed by atoms with van der Waals surface area (Å²) >= 11 is 6.15. The molecule has 0 spiro atoms. The number of amides is 2. The molecule has 3 aliphatic rings. The summed E-state index contributed by atoms with van der Waals surface area (Å²) < 4.78 is 28.2. The molecule has 186 valence electrons. The number of piperidine rings is 1. The van der Waals surface area contributed by atoms with Gasteiger partial charge in [0.2, 0.25) is 21.8 Å². The van der Waals surface area contributed by atoms with Crippen LogP contribution in [0.4, 0.5) is 11.4 Å². The Morgan fingerprint density at radius 3 is 2.43 bits per heavy atom. The fourth-order valence-electron chi connectivity index (χ4n) is 5.12. The van der Waals surface area contributed by atoms with Gasteiger partial charge in [-0.15, -0.1) is 0 Å². The quantitative estimate of drug-likeness (QED) is 0.640. The number of halogens is 1. The molecule has 0 aromatic heterocycles. The molecule has 2 aromatic carbocycles. The van der Waals surface area contributed by atoms with E-state index in [0.29, 0.717) is 30.0 Å². The number of hydrogen-bond acceptors (Lipinski definition) is 4. The third kappa shape index (κ3) is 4.59. The normalized spacial score (nSPS) is 21.1. The lowest BCUT2D eigenvalue weighted by Gasteiger charge is -2.31. The highest BCUT2D eigenvalue weighted by molar-refractivity contribution is 7.89. The van der Waals surface area contributed by atoms with Crippen LogP contribution in [0.5, 0.6) is 0 Å². The van der Waals surface area contributed by atoms with Crippen LogP contribution >= 0.6 is 11.6 Å². The van der Waals surface area contributed by atoms with E-state index in [1.807, 2.05) is 24.8 Å². The van der Waals surface area contributed by atoms with Gasteiger partial charge in [-0.25, -0.2) is 8.42 Å². The van der Waals surface area contributed by atoms with Gasteiger partial charge < -0.3 is 10.2 Å². The monoisotopic (exact) mass is 515 g/mol. The predicted molar refractivity (Wildman–Crippen MR) is 136 cm³/mol. The largest absolute Gasteiger partial charge is 0.326 e. The summed E-state index contributed by atoms with van der Waals surface area (Å²) in [5, 5.41) is 3.53. The van der Waals surface area contributed by atoms with Crippen molar-refractivity contribution >= 4 is 44.8 Å². The summed E-state index contributed by atoms with van der Waals surface area (Å²) in [4.78, 5) is 27.6. The van der Waals surface area contributed by atoms with Gasteiger partial charge in [-0.3, -0.25) is 9.59 Å². The number of carbonyl (C=O) groups excluding carboxylic acids is 2. The molecule has 2 heterocycles. The standard InChI is InChI=1S/C26H30ClN3O4S/c1-16-14-20-15-21(8-9-24(20)30(16)26(32)19-6-7-19)35(33,34)29-12-10-18(11-13-29)25(31)28-23-5-3-4-22(27)17(23)2/h3-5,8-9,15-16,18-19H,6-7,10-14H2,1-2H3,(H,28,31)/t16-/m1/s1. The molecule has 35 heavy (non-hydrogen) atoms. The average molecular weight is 516 g/mol. The van der Waals surface area contributed by atoms with E-state index in [0.717, 1.165) is 29.7 Å². The Morgan fingerprint density at radius 1 is 1.03 bits per heavy atom. The second-order valence-corrected chi connectivity index (χ2v) is 12.3. The first-order valence-electron chi connectivity index (χ1n) is 12.2. The van der Waals surface area contributed by atoms with Gasteiger partial charge in [-0.2, -0.15) is 4.31 Å². The highest BCUT2D eigenvalue weighted by Crippen LogP contribution is 2.40. The van der Waals surface area contributed by atoms with Crippen molar-refractivity contribution in [2.45, 2.75) is 56.9 Å². The van der Waals surface area contributed by atoms with E-state index in [4.69, 9.17) is 11.6 Å². The van der Waals surface area contributed by atoms with E-state index < -0.39 is 10.0 Å². The Bertz CT molecular complexity index is 1280. The van der Waals surface area contributed by atoms with Crippen LogP contribution in [-0.2, 0) is 26.0 Å². The van der Waals surface area contributed by atoms with Crippen LogP contribution < -0.4 is 10.2 Å². The fourth-order valence-corrected chi connectivity index (χ4v) is 6.81. The lowest BCUT2D eigenvalue weighted by atomic mass is 9.97. The number of hydrogen-bond donors (Lipinski definition) is 1. The summed E-state index contributed by atoms with van der Waals surface area (Å²) in [7, 11) is -3.68. The van der Waals surface area contributed by atoms with Crippen molar-refractivity contribution in [2.75, 3.05) is 23.3 Å². The number of fused-ring (bicyclic) bond motifs is 1. The molecule has 1 atom stereocenters. The Labute approximate surface area is 211 Å². The maximum Gasteiger partial charge on any atom is 0.243 e. The summed E-state index contributed by atoms with van der Waals surface area (Å²) in [6.07, 6.45) is 3.45. The van der Waals surface area contributed by atoms with Crippen LogP contribution in [0.3, 0.4) is 0 Å². The maximum absolute atomic E-state index is 13.4. The Kier molecular flexibility index (Phi) is 6.40. The van der Waals surface area contributed by atoms with E-state index >= 15 is 0 Å². The number of benzene rings is 2. The van der Waals surface area contributed by atoms with Crippen LogP contribution in [0.1, 0.15) is 43.7 Å². The van der Waals surface area contributed by atoms with Crippen molar-refractivity contribution in [3.05, 3.63) is 52.5 Å². The van der Waals surface area contributed by atoms with Crippen LogP contribution in [-0.4, -0.2) is 43.7 Å². The molecule has 2 aromatic rings. The number of sulfonamides is 1. The second-order valence-electron chi connectivity index (χ2n) is 9.91. The van der Waals surface area contributed by atoms with Crippen molar-refractivity contribution in [2.24, 2.45) is 11.8 Å². The first-order chi connectivity index (χ1) is 16.7. The molecule has 1 saturated heterocycles. The highest BCUT2D eigenvalue weighted by Gasteiger charge is 2.40. The first kappa shape index (κ1) is 24.3. The molecule has 1 aliphatic carbocycles. The van der Waals surface area contributed by atoms with Crippen molar-refractivity contribution in [3.8, 4) is 0 Å². The van der Waals surface area contributed by atoms with Gasteiger partial charge >= 0.3 is 0 Å². The van der Waals surface area contributed by atoms with E-state index in [2.05, 4.69) is 5.32 Å². The number of rotatable bonds is 5. The summed E-state index contributed by atoms with van der Waals surface area (Å²) in [6.45, 7) is 4.43. The van der Waals surface area contributed by atoms with E-state index in [-0.39, 0.29) is 47.7 Å². The van der Waals surface area contributed by atoms with Crippen molar-refractivity contribution in [1.29, 1.82) is 0 Å². The van der Waals surface area contributed by atoms with Crippen LogP contribution in [0.25, 0.3) is 0 Å². The second kappa shape index (κ2) is 9.22. The van der Waals surface area contributed by atoms with Gasteiger partial charge in [-0.05, 0) is 87.4 Å². The zero-order chi connectivity index (χ0) is 24.9. The maximum atomic E-state index is 13.4. The topological polar surface area (TPSA) is 86.8 Å². The number of anilines is 2. The smallest absolute Gasteiger partial charge is 0.243 e. The summed E-state index contributed by atoms with van der Waals surface area (Å²) in [6, 6.07) is 10.5. The number of carbonyl (C=O) groups is 2. The van der Waals surface area contributed by atoms with Crippen molar-refractivity contribution in [1.82, 2.24) is 4.31 Å². The zero-order valence-corrected chi connectivity index (χ0v) is 21.5. The van der Waals surface area contributed by atoms with Gasteiger partial charge in [-0.1, -0.05) is 17.7 Å². The zero-order valence-electron chi connectivity index (χ0n) is 20.0. The lowest BCUT2D eigenvalue weighted by molar-refractivity contribution is -0.121. The Balaban J connectivity index is 1.25. The molecule has 9 heteroatoms. The fraction of sp³-hybridized carbons (Fsp3) is 0.462. The first-order valence-corrected chi connectivity index (χ1v) is 14.0. The molecule has 2 fully saturated rings. The van der Waals surface area contributed by atoms with Gasteiger partial charge in [0.1, 0.15) is 0 Å². The van der Waals surface area contributed by atoms with Gasteiger partial charge in [0, 0.05) is 47.4 Å². The highest BCUT2D eigenvalue weighted by atomic mass is 35.5. The van der Waals surface area contributed by atoms with Gasteiger partial charge in [0.25, 0.3) is 0 Å². The SMILES string of the molecule is Cc1c(Cl)cccc1NC(=O)C1CCN(S(=O)(=O)c2ccc3c(c2)C[C@@H](C)N3C(=O)C2CC2)CC1. The number of nitrogens with zero attached hydrogens (tertiary/aromatic N) is 2. The molecule has 2 aliphatic heterocycles. The molecular weight excluding hydrogens is 486 g/mol. The van der Waals surface area contributed by atoms with Crippen molar-refractivity contribution < 1.29 is 18.0 Å². The third-order valence-corrected chi connectivity index (χ3v) is 9.72. The minimum Gasteiger partial charge on any atom is -0.326 e. The molecule has 2 amide bonds. The van der Waals surface area contributed by atoms with Crippen molar-refractivity contribution in [3.63, 3.8) is 0 Å². The van der Waals surface area contributed by atoms with E-state index in [9.17, 15) is 18.0 Å². The van der Waals surface area contributed by atoms with E-state index in [1.165, 1.54) is 4.31 Å². The molecule has 1 N–H and O–H groups in total. The molecule has 0 unspecified atom stereocenters. The molecular formula is C26H30ClN3O4S. The molecule has 7 nitrogen and oxygen atoms in total. The van der Waals surface area contributed by atoms with Crippen LogP contribution in [0, 0.1) is 18.8 Å². The summed E-state index contributed by atoms with van der Waals surface area (Å²) in [5.74, 6) is -0.102. The summed E-state index contributed by atoms with van der Waals surface area (Å²) in [5.41, 5.74) is 3.23. The molecule has 0 radical (unpaired) electrons. The van der Waals surface area contributed by atoms with Gasteiger partial charge in [0.05, 0.1) is 4.90 Å². The minimum atomic E-state index is -3.68. The molecule has 5 rings (SSSR count). The molecule has 0 bridgehead atoms. The lowest BCUT2D eigenvalue weighted by Crippen LogP contribution is -2.41. The third-order valence-electron chi connectivity index (χ3n) is 7.42. The Hall–Kier alpha value is -2.42. The predicted octanol–water partition coefficient (Wildman–Crippen LogP) is 4.38. The Morgan fingerprint density at radius 2 is 1.74 bits per heavy atom. The van der Waals surface area contributed by atoms with E-state index in [1.54, 1.807) is 30.3 Å². The van der Waals surface area contributed by atoms with Crippen LogP contribution in [0.15, 0.2) is 41.3 Å².